The van der Waals surface area contributed by atoms with Crippen molar-refractivity contribution in [1.29, 1.82) is 0 Å². The zero-order valence-corrected chi connectivity index (χ0v) is 11.2. The first-order chi connectivity index (χ1) is 8.61. The van der Waals surface area contributed by atoms with Gasteiger partial charge >= 0.3 is 0 Å². The second kappa shape index (κ2) is 5.40. The van der Waals surface area contributed by atoms with E-state index in [9.17, 15) is 4.79 Å². The molecular formula is C14H20N2O2. The highest BCUT2D eigenvalue weighted by Crippen LogP contribution is 2.21. The molecule has 2 rings (SSSR count). The molecule has 1 saturated heterocycles. The van der Waals surface area contributed by atoms with Crippen molar-refractivity contribution in [2.75, 3.05) is 31.6 Å². The fourth-order valence-electron chi connectivity index (χ4n) is 2.17. The molecule has 0 unspecified atom stereocenters. The lowest BCUT2D eigenvalue weighted by Gasteiger charge is -2.36. The number of anilines is 1. The summed E-state index contributed by atoms with van der Waals surface area (Å²) in [4.78, 5) is 16.2. The fraction of sp³-hybridized carbons (Fsp3) is 0.500. The summed E-state index contributed by atoms with van der Waals surface area (Å²) in [5, 5.41) is 0. The summed E-state index contributed by atoms with van der Waals surface area (Å²) in [5.74, 6) is 0.979. The zero-order chi connectivity index (χ0) is 13.1. The first-order valence-corrected chi connectivity index (χ1v) is 6.30. The third-order valence-electron chi connectivity index (χ3n) is 3.36. The van der Waals surface area contributed by atoms with Gasteiger partial charge in [0.15, 0.2) is 0 Å². The van der Waals surface area contributed by atoms with Crippen LogP contribution in [0.15, 0.2) is 24.3 Å². The van der Waals surface area contributed by atoms with Crippen LogP contribution in [0.3, 0.4) is 0 Å². The molecule has 1 aromatic rings. The Kier molecular flexibility index (Phi) is 3.87. The van der Waals surface area contributed by atoms with Crippen molar-refractivity contribution in [3.8, 4) is 5.75 Å². The molecule has 4 nitrogen and oxygen atoms in total. The number of carbonyl (C=O) groups is 1. The number of hydrogen-bond acceptors (Lipinski definition) is 3. The Labute approximate surface area is 108 Å². The zero-order valence-electron chi connectivity index (χ0n) is 11.2. The molecule has 4 heteroatoms. The predicted molar refractivity (Wildman–Crippen MR) is 72.1 cm³/mol. The molecule has 1 aromatic carbocycles. The lowest BCUT2D eigenvalue weighted by molar-refractivity contribution is -0.121. The normalized spacial score (nSPS) is 17.3. The van der Waals surface area contributed by atoms with Crippen molar-refractivity contribution >= 4 is 11.6 Å². The Morgan fingerprint density at radius 2 is 1.83 bits per heavy atom. The van der Waals surface area contributed by atoms with Crippen LogP contribution in [-0.4, -0.2) is 43.6 Å². The first-order valence-electron chi connectivity index (χ1n) is 6.30. The van der Waals surface area contributed by atoms with Gasteiger partial charge in [0.2, 0.25) is 5.91 Å². The van der Waals surface area contributed by atoms with E-state index >= 15 is 0 Å². The molecule has 98 valence electrons. The van der Waals surface area contributed by atoms with Gasteiger partial charge in [-0.3, -0.25) is 9.69 Å². The Bertz CT molecular complexity index is 414. The smallest absolute Gasteiger partial charge is 0.241 e. The van der Waals surface area contributed by atoms with Crippen molar-refractivity contribution in [3.63, 3.8) is 0 Å². The number of piperazine rings is 1. The van der Waals surface area contributed by atoms with Gasteiger partial charge in [-0.15, -0.1) is 0 Å². The first kappa shape index (κ1) is 12.9. The Balaban J connectivity index is 2.08. The summed E-state index contributed by atoms with van der Waals surface area (Å²) < 4.78 is 5.12. The molecule has 1 aliphatic heterocycles. The maximum Gasteiger partial charge on any atom is 0.241 e. The lowest BCUT2D eigenvalue weighted by atomic mass is 10.2. The van der Waals surface area contributed by atoms with E-state index in [0.717, 1.165) is 24.5 Å². The second-order valence-electron chi connectivity index (χ2n) is 4.81. The molecule has 0 aromatic heterocycles. The topological polar surface area (TPSA) is 32.8 Å². The van der Waals surface area contributed by atoms with Gasteiger partial charge in [-0.2, -0.15) is 0 Å². The van der Waals surface area contributed by atoms with Crippen LogP contribution >= 0.6 is 0 Å². The summed E-state index contributed by atoms with van der Waals surface area (Å²) >= 11 is 0. The number of ether oxygens (including phenoxy) is 1. The predicted octanol–water partition coefficient (Wildman–Crippen LogP) is 1.75. The second-order valence-corrected chi connectivity index (χ2v) is 4.81. The van der Waals surface area contributed by atoms with Crippen molar-refractivity contribution in [1.82, 2.24) is 4.90 Å². The molecule has 1 heterocycles. The summed E-state index contributed by atoms with van der Waals surface area (Å²) in [6.45, 7) is 6.43. The van der Waals surface area contributed by atoms with Gasteiger partial charge in [0.25, 0.3) is 0 Å². The largest absolute Gasteiger partial charge is 0.497 e. The highest BCUT2D eigenvalue weighted by atomic mass is 16.5. The number of nitrogens with zero attached hydrogens (tertiary/aromatic N) is 2. The molecule has 0 radical (unpaired) electrons. The maximum absolute atomic E-state index is 12.1. The van der Waals surface area contributed by atoms with Gasteiger partial charge in [0.05, 0.1) is 13.7 Å². The Hall–Kier alpha value is -1.55. The fourth-order valence-corrected chi connectivity index (χ4v) is 2.17. The average molecular weight is 248 g/mol. The number of carbonyl (C=O) groups excluding carboxylic acids is 1. The van der Waals surface area contributed by atoms with Crippen LogP contribution in [0.25, 0.3) is 0 Å². The molecule has 0 spiro atoms. The van der Waals surface area contributed by atoms with Gasteiger partial charge in [0, 0.05) is 24.8 Å². The molecule has 1 aliphatic rings. The molecule has 1 fully saturated rings. The highest BCUT2D eigenvalue weighted by molar-refractivity contribution is 5.95. The Morgan fingerprint density at radius 3 is 2.33 bits per heavy atom. The minimum absolute atomic E-state index is 0.167. The standard InChI is InChI=1S/C14H20N2O2/c1-11(2)15-8-9-16(14(17)10-15)12-4-6-13(18-3)7-5-12/h4-7,11H,8-10H2,1-3H3. The minimum Gasteiger partial charge on any atom is -0.497 e. The third kappa shape index (κ3) is 2.64. The summed E-state index contributed by atoms with van der Waals surface area (Å²) in [5.41, 5.74) is 0.948. The van der Waals surface area contributed by atoms with Crippen LogP contribution in [0.4, 0.5) is 5.69 Å². The number of amides is 1. The van der Waals surface area contributed by atoms with Crippen LogP contribution in [0, 0.1) is 0 Å². The molecular weight excluding hydrogens is 228 g/mol. The molecule has 1 amide bonds. The number of rotatable bonds is 3. The quantitative estimate of drug-likeness (QED) is 0.817. The molecule has 0 saturated carbocycles. The van der Waals surface area contributed by atoms with Crippen LogP contribution in [0.1, 0.15) is 13.8 Å². The van der Waals surface area contributed by atoms with Gasteiger partial charge in [-0.1, -0.05) is 0 Å². The lowest BCUT2D eigenvalue weighted by Crippen LogP contribution is -2.52. The van der Waals surface area contributed by atoms with Crippen molar-refractivity contribution in [2.24, 2.45) is 0 Å². The van der Waals surface area contributed by atoms with E-state index in [2.05, 4.69) is 18.7 Å². The third-order valence-corrected chi connectivity index (χ3v) is 3.36. The number of methoxy groups -OCH3 is 1. The monoisotopic (exact) mass is 248 g/mol. The maximum atomic E-state index is 12.1. The van der Waals surface area contributed by atoms with Crippen molar-refractivity contribution in [3.05, 3.63) is 24.3 Å². The van der Waals surface area contributed by atoms with E-state index in [1.807, 2.05) is 29.2 Å². The highest BCUT2D eigenvalue weighted by Gasteiger charge is 2.26. The molecule has 0 aliphatic carbocycles. The van der Waals surface area contributed by atoms with E-state index in [0.29, 0.717) is 12.6 Å². The van der Waals surface area contributed by atoms with Crippen LogP contribution < -0.4 is 9.64 Å². The van der Waals surface area contributed by atoms with E-state index in [4.69, 9.17) is 4.74 Å². The van der Waals surface area contributed by atoms with Crippen molar-refractivity contribution < 1.29 is 9.53 Å². The average Bonchev–Trinajstić information content (AvgIpc) is 2.38. The van der Waals surface area contributed by atoms with Gasteiger partial charge < -0.3 is 9.64 Å². The van der Waals surface area contributed by atoms with E-state index < -0.39 is 0 Å². The molecule has 0 atom stereocenters. The van der Waals surface area contributed by atoms with E-state index in [-0.39, 0.29) is 5.91 Å². The van der Waals surface area contributed by atoms with Crippen molar-refractivity contribution in [2.45, 2.75) is 19.9 Å². The molecule has 0 N–H and O–H groups in total. The van der Waals surface area contributed by atoms with Crippen LogP contribution in [-0.2, 0) is 4.79 Å². The minimum atomic E-state index is 0.167. The van der Waals surface area contributed by atoms with Gasteiger partial charge in [-0.05, 0) is 38.1 Å². The van der Waals surface area contributed by atoms with Gasteiger partial charge in [-0.25, -0.2) is 0 Å². The molecule has 18 heavy (non-hydrogen) atoms. The molecule has 0 bridgehead atoms. The summed E-state index contributed by atoms with van der Waals surface area (Å²) in [6, 6.07) is 8.06. The van der Waals surface area contributed by atoms with Crippen LogP contribution in [0.5, 0.6) is 5.75 Å². The number of hydrogen-bond donors (Lipinski definition) is 0. The SMILES string of the molecule is COc1ccc(N2CCN(C(C)C)CC2=O)cc1. The number of benzene rings is 1. The van der Waals surface area contributed by atoms with Gasteiger partial charge in [0.1, 0.15) is 5.75 Å². The van der Waals surface area contributed by atoms with E-state index in [1.165, 1.54) is 0 Å². The Morgan fingerprint density at radius 1 is 1.17 bits per heavy atom. The summed E-state index contributed by atoms with van der Waals surface area (Å²) in [6.07, 6.45) is 0. The van der Waals surface area contributed by atoms with Crippen LogP contribution in [0.2, 0.25) is 0 Å². The van der Waals surface area contributed by atoms with E-state index in [1.54, 1.807) is 7.11 Å². The summed E-state index contributed by atoms with van der Waals surface area (Å²) in [7, 11) is 1.64.